The first-order valence-corrected chi connectivity index (χ1v) is 8.09. The minimum atomic E-state index is -0.549. The zero-order chi connectivity index (χ0) is 18.0. The van der Waals surface area contributed by atoms with Crippen molar-refractivity contribution < 1.29 is 4.79 Å². The van der Waals surface area contributed by atoms with Crippen molar-refractivity contribution in [1.82, 2.24) is 24.8 Å². The molecule has 132 valence electrons. The molecule has 0 bridgehead atoms. The van der Waals surface area contributed by atoms with E-state index in [2.05, 4.69) is 20.3 Å². The van der Waals surface area contributed by atoms with Crippen molar-refractivity contribution in [2.75, 3.05) is 18.0 Å². The van der Waals surface area contributed by atoms with Crippen LogP contribution in [0.3, 0.4) is 0 Å². The predicted octanol–water partition coefficient (Wildman–Crippen LogP) is -0.429. The number of anilines is 1. The fraction of sp³-hybridized carbons (Fsp3) is 0.438. The highest BCUT2D eigenvalue weighted by Crippen LogP contribution is 2.14. The average Bonchev–Trinajstić information content (AvgIpc) is 2.56. The average molecular weight is 344 g/mol. The molecule has 3 heterocycles. The Labute approximate surface area is 143 Å². The van der Waals surface area contributed by atoms with Gasteiger partial charge in [0.15, 0.2) is 5.82 Å². The second-order valence-corrected chi connectivity index (χ2v) is 6.18. The van der Waals surface area contributed by atoms with Crippen molar-refractivity contribution in [3.8, 4) is 0 Å². The van der Waals surface area contributed by atoms with E-state index in [4.69, 9.17) is 0 Å². The summed E-state index contributed by atoms with van der Waals surface area (Å²) in [6.45, 7) is 2.89. The Kier molecular flexibility index (Phi) is 4.64. The van der Waals surface area contributed by atoms with Crippen molar-refractivity contribution in [2.24, 2.45) is 7.05 Å². The van der Waals surface area contributed by atoms with Gasteiger partial charge in [-0.2, -0.15) is 4.98 Å². The third-order valence-corrected chi connectivity index (χ3v) is 4.17. The number of hydrogen-bond acceptors (Lipinski definition) is 6. The summed E-state index contributed by atoms with van der Waals surface area (Å²) >= 11 is 0. The van der Waals surface area contributed by atoms with Gasteiger partial charge in [0, 0.05) is 44.3 Å². The topological polar surface area (TPSA) is 113 Å². The van der Waals surface area contributed by atoms with Crippen LogP contribution < -0.4 is 21.5 Å². The number of nitrogens with zero attached hydrogens (tertiary/aromatic N) is 4. The van der Waals surface area contributed by atoms with E-state index in [0.29, 0.717) is 24.6 Å². The van der Waals surface area contributed by atoms with E-state index in [1.807, 2.05) is 4.90 Å². The van der Waals surface area contributed by atoms with E-state index in [1.165, 1.54) is 10.6 Å². The number of nitrogens with one attached hydrogen (secondary N) is 2. The van der Waals surface area contributed by atoms with E-state index >= 15 is 0 Å². The van der Waals surface area contributed by atoms with Crippen LogP contribution in [0.1, 0.15) is 29.0 Å². The molecule has 1 aliphatic rings. The molecule has 1 fully saturated rings. The molecule has 0 radical (unpaired) electrons. The molecule has 2 aromatic rings. The molecule has 0 aromatic carbocycles. The summed E-state index contributed by atoms with van der Waals surface area (Å²) in [6.07, 6.45) is 4.81. The van der Waals surface area contributed by atoms with Gasteiger partial charge in [0.1, 0.15) is 5.69 Å². The molecule has 1 amide bonds. The fourth-order valence-corrected chi connectivity index (χ4v) is 2.94. The number of H-pyrrole nitrogens is 1. The summed E-state index contributed by atoms with van der Waals surface area (Å²) in [7, 11) is 1.68. The van der Waals surface area contributed by atoms with Crippen molar-refractivity contribution >= 4 is 11.7 Å². The van der Waals surface area contributed by atoms with Gasteiger partial charge in [-0.15, -0.1) is 0 Å². The lowest BCUT2D eigenvalue weighted by Gasteiger charge is -2.33. The van der Waals surface area contributed by atoms with Crippen LogP contribution >= 0.6 is 0 Å². The lowest BCUT2D eigenvalue weighted by Crippen LogP contribution is -2.49. The first kappa shape index (κ1) is 16.9. The number of aromatic amines is 1. The molecule has 2 N–H and O–H groups in total. The van der Waals surface area contributed by atoms with Crippen molar-refractivity contribution in [3.63, 3.8) is 0 Å². The second-order valence-electron chi connectivity index (χ2n) is 6.18. The van der Waals surface area contributed by atoms with E-state index in [1.54, 1.807) is 26.4 Å². The maximum Gasteiger partial charge on any atom is 0.345 e. The van der Waals surface area contributed by atoms with Gasteiger partial charge in [-0.3, -0.25) is 9.59 Å². The van der Waals surface area contributed by atoms with Crippen LogP contribution in [0, 0.1) is 6.92 Å². The maximum atomic E-state index is 12.4. The Balaban J connectivity index is 1.73. The Morgan fingerprint density at radius 1 is 1.40 bits per heavy atom. The molecule has 1 atom stereocenters. The molecular weight excluding hydrogens is 324 g/mol. The van der Waals surface area contributed by atoms with Crippen molar-refractivity contribution in [2.45, 2.75) is 25.8 Å². The molecule has 1 aliphatic heterocycles. The van der Waals surface area contributed by atoms with Gasteiger partial charge in [-0.1, -0.05) is 0 Å². The summed E-state index contributed by atoms with van der Waals surface area (Å²) in [6, 6.07) is 1.39. The molecule has 9 nitrogen and oxygen atoms in total. The number of aromatic nitrogens is 4. The molecule has 0 aliphatic carbocycles. The minimum Gasteiger partial charge on any atom is -0.350 e. The first-order chi connectivity index (χ1) is 11.9. The number of carbonyl (C=O) groups is 1. The molecule has 0 unspecified atom stereocenters. The smallest absolute Gasteiger partial charge is 0.345 e. The maximum absolute atomic E-state index is 12.4. The van der Waals surface area contributed by atoms with E-state index < -0.39 is 11.6 Å². The highest BCUT2D eigenvalue weighted by atomic mass is 16.2. The second kappa shape index (κ2) is 6.88. The summed E-state index contributed by atoms with van der Waals surface area (Å²) in [4.78, 5) is 48.3. The van der Waals surface area contributed by atoms with Crippen LogP contribution in [0.15, 0.2) is 28.0 Å². The van der Waals surface area contributed by atoms with Crippen LogP contribution in [-0.2, 0) is 7.05 Å². The number of piperidine rings is 1. The van der Waals surface area contributed by atoms with Gasteiger partial charge < -0.3 is 19.8 Å². The third kappa shape index (κ3) is 3.76. The number of rotatable bonds is 3. The van der Waals surface area contributed by atoms with E-state index in [9.17, 15) is 14.4 Å². The van der Waals surface area contributed by atoms with Crippen LogP contribution in [0.5, 0.6) is 0 Å². The largest absolute Gasteiger partial charge is 0.350 e. The molecule has 0 spiro atoms. The van der Waals surface area contributed by atoms with Gasteiger partial charge >= 0.3 is 5.69 Å². The third-order valence-electron chi connectivity index (χ3n) is 4.17. The van der Waals surface area contributed by atoms with E-state index in [0.717, 1.165) is 12.8 Å². The highest BCUT2D eigenvalue weighted by molar-refractivity contribution is 5.92. The van der Waals surface area contributed by atoms with Crippen molar-refractivity contribution in [1.29, 1.82) is 0 Å². The predicted molar refractivity (Wildman–Crippen MR) is 91.8 cm³/mol. The number of aryl methyl sites for hydroxylation is 2. The van der Waals surface area contributed by atoms with E-state index in [-0.39, 0.29) is 17.3 Å². The molecule has 9 heteroatoms. The zero-order valence-corrected chi connectivity index (χ0v) is 14.2. The number of hydrogen-bond donors (Lipinski definition) is 2. The summed E-state index contributed by atoms with van der Waals surface area (Å²) in [5.41, 5.74) is -0.0479. The standard InChI is InChI=1S/C16H20N6O3/c1-10-8-12(20-16(25)18-10)14(23)19-11-4-3-6-22(9-11)13-15(24)21(2)7-5-17-13/h5,7-8,11H,3-4,6,9H2,1-2H3,(H,19,23)(H,18,20,25)/t11-/m1/s1. The first-order valence-electron chi connectivity index (χ1n) is 8.09. The fourth-order valence-electron chi connectivity index (χ4n) is 2.94. The molecule has 0 saturated carbocycles. The highest BCUT2D eigenvalue weighted by Gasteiger charge is 2.25. The van der Waals surface area contributed by atoms with Crippen LogP contribution in [0.4, 0.5) is 5.82 Å². The SMILES string of the molecule is Cc1cc(C(=O)N[C@@H]2CCCN(c3nccn(C)c3=O)C2)nc(=O)[nH]1. The number of amides is 1. The summed E-state index contributed by atoms with van der Waals surface area (Å²) in [5.74, 6) is -0.0101. The van der Waals surface area contributed by atoms with Gasteiger partial charge in [0.2, 0.25) is 0 Å². The summed E-state index contributed by atoms with van der Waals surface area (Å²) < 4.78 is 1.48. The lowest BCUT2D eigenvalue weighted by atomic mass is 10.1. The van der Waals surface area contributed by atoms with Gasteiger partial charge in [0.25, 0.3) is 11.5 Å². The Hall–Kier alpha value is -2.97. The minimum absolute atomic E-state index is 0.0899. The van der Waals surface area contributed by atoms with Gasteiger partial charge in [-0.05, 0) is 25.8 Å². The Bertz CT molecular complexity index is 903. The van der Waals surface area contributed by atoms with Gasteiger partial charge in [0.05, 0.1) is 0 Å². The molecule has 1 saturated heterocycles. The van der Waals surface area contributed by atoms with Crippen LogP contribution in [-0.4, -0.2) is 44.6 Å². The Morgan fingerprint density at radius 2 is 2.20 bits per heavy atom. The quantitative estimate of drug-likeness (QED) is 0.781. The normalized spacial score (nSPS) is 17.4. The van der Waals surface area contributed by atoms with Crippen LogP contribution in [0.25, 0.3) is 0 Å². The zero-order valence-electron chi connectivity index (χ0n) is 14.2. The Morgan fingerprint density at radius 3 is 2.96 bits per heavy atom. The molecule has 2 aromatic heterocycles. The van der Waals surface area contributed by atoms with Crippen molar-refractivity contribution in [3.05, 3.63) is 50.7 Å². The van der Waals surface area contributed by atoms with Crippen LogP contribution in [0.2, 0.25) is 0 Å². The molecular formula is C16H20N6O3. The summed E-state index contributed by atoms with van der Waals surface area (Å²) in [5, 5.41) is 2.89. The van der Waals surface area contributed by atoms with Gasteiger partial charge in [-0.25, -0.2) is 9.78 Å². The molecule has 3 rings (SSSR count). The monoisotopic (exact) mass is 344 g/mol. The molecule has 25 heavy (non-hydrogen) atoms. The number of carbonyl (C=O) groups excluding carboxylic acids is 1. The lowest BCUT2D eigenvalue weighted by molar-refractivity contribution is 0.0927.